The summed E-state index contributed by atoms with van der Waals surface area (Å²) in [5, 5.41) is 3.66. The Bertz CT molecular complexity index is 1580. The lowest BCUT2D eigenvalue weighted by atomic mass is 9.99. The summed E-state index contributed by atoms with van der Waals surface area (Å²) in [6.45, 7) is -0.857. The second kappa shape index (κ2) is 10.3. The quantitative estimate of drug-likeness (QED) is 0.338. The molecule has 0 saturated heterocycles. The molecule has 1 atom stereocenters. The van der Waals surface area contributed by atoms with Crippen molar-refractivity contribution in [1.82, 2.24) is 14.9 Å². The van der Waals surface area contributed by atoms with E-state index in [9.17, 15) is 14.4 Å². The van der Waals surface area contributed by atoms with Crippen molar-refractivity contribution in [3.63, 3.8) is 0 Å². The van der Waals surface area contributed by atoms with Gasteiger partial charge in [-0.05, 0) is 29.7 Å². The topological polar surface area (TPSA) is 103 Å². The zero-order chi connectivity index (χ0) is 24.9. The fourth-order valence-corrected chi connectivity index (χ4v) is 4.08. The maximum atomic E-state index is 12.8. The summed E-state index contributed by atoms with van der Waals surface area (Å²) in [6, 6.07) is 26.3. The molecule has 0 bridgehead atoms. The molecule has 180 valence electrons. The third-order valence-corrected chi connectivity index (χ3v) is 5.83. The zero-order valence-electron chi connectivity index (χ0n) is 19.3. The van der Waals surface area contributed by atoms with Gasteiger partial charge in [0.15, 0.2) is 6.61 Å². The number of benzene rings is 3. The minimum atomic E-state index is -0.733. The normalized spacial score (nSPS) is 11.9. The summed E-state index contributed by atoms with van der Waals surface area (Å²) < 4.78 is 11.9. The second-order valence-corrected chi connectivity index (χ2v) is 8.33. The molecule has 3 aromatic carbocycles. The monoisotopic (exact) mass is 481 g/mol. The van der Waals surface area contributed by atoms with Gasteiger partial charge in [0.2, 0.25) is 5.58 Å². The van der Waals surface area contributed by atoms with Gasteiger partial charge in [0, 0.05) is 5.39 Å². The molecular formula is C28H23N3O5. The first-order valence-corrected chi connectivity index (χ1v) is 11.5. The second-order valence-electron chi connectivity index (χ2n) is 8.33. The van der Waals surface area contributed by atoms with Crippen molar-refractivity contribution in [2.24, 2.45) is 0 Å². The van der Waals surface area contributed by atoms with Crippen LogP contribution in [0.3, 0.4) is 0 Å². The molecule has 0 aliphatic rings. The molecule has 0 aliphatic heterocycles. The third kappa shape index (κ3) is 5.02. The van der Waals surface area contributed by atoms with E-state index in [1.807, 2.05) is 72.8 Å². The number of hydrogen-bond acceptors (Lipinski definition) is 6. The van der Waals surface area contributed by atoms with E-state index in [2.05, 4.69) is 10.3 Å². The summed E-state index contributed by atoms with van der Waals surface area (Å²) in [4.78, 5) is 42.1. The standard InChI is InChI=1S/C28H23N3O5/c32-24(30-22(20-11-5-2-6-12-20)15-19-9-3-1-4-10-19)17-35-25(33)16-31-18-29-26-21-13-7-8-14-23(21)36-27(26)28(31)34/h1-14,18,22H,15-17H2,(H,30,32). The van der Waals surface area contributed by atoms with Crippen molar-refractivity contribution < 1.29 is 18.7 Å². The number of hydrogen-bond donors (Lipinski definition) is 1. The molecule has 36 heavy (non-hydrogen) atoms. The fourth-order valence-electron chi connectivity index (χ4n) is 4.08. The molecule has 1 amide bonds. The predicted octanol–water partition coefficient (Wildman–Crippen LogP) is 3.79. The highest BCUT2D eigenvalue weighted by Crippen LogP contribution is 2.24. The Morgan fingerprint density at radius 1 is 0.944 bits per heavy atom. The number of carbonyl (C=O) groups is 2. The van der Waals surface area contributed by atoms with Gasteiger partial charge in [0.25, 0.3) is 11.5 Å². The van der Waals surface area contributed by atoms with Crippen molar-refractivity contribution >= 4 is 33.9 Å². The molecule has 8 heteroatoms. The van der Waals surface area contributed by atoms with E-state index in [0.717, 1.165) is 21.1 Å². The smallest absolute Gasteiger partial charge is 0.326 e. The van der Waals surface area contributed by atoms with Crippen molar-refractivity contribution in [3.8, 4) is 0 Å². The highest BCUT2D eigenvalue weighted by atomic mass is 16.5. The molecule has 2 heterocycles. The van der Waals surface area contributed by atoms with Gasteiger partial charge in [0.05, 0.1) is 12.4 Å². The molecule has 5 rings (SSSR count). The number of rotatable bonds is 8. The molecule has 0 aliphatic carbocycles. The minimum Gasteiger partial charge on any atom is -0.454 e. The number of esters is 1. The van der Waals surface area contributed by atoms with Crippen LogP contribution in [0.4, 0.5) is 0 Å². The van der Waals surface area contributed by atoms with Crippen LogP contribution in [-0.2, 0) is 27.3 Å². The largest absolute Gasteiger partial charge is 0.454 e. The number of nitrogens with zero attached hydrogens (tertiary/aromatic N) is 2. The Labute approximate surface area is 206 Å². The van der Waals surface area contributed by atoms with Gasteiger partial charge in [-0.3, -0.25) is 19.0 Å². The van der Waals surface area contributed by atoms with E-state index in [4.69, 9.17) is 9.15 Å². The first kappa shape index (κ1) is 23.0. The fraction of sp³-hybridized carbons (Fsp3) is 0.143. The summed E-state index contributed by atoms with van der Waals surface area (Å²) in [5.74, 6) is -1.17. The highest BCUT2D eigenvalue weighted by molar-refractivity contribution is 6.01. The number of amides is 1. The van der Waals surface area contributed by atoms with Crippen LogP contribution in [0.25, 0.3) is 22.1 Å². The van der Waals surface area contributed by atoms with E-state index < -0.39 is 30.6 Å². The van der Waals surface area contributed by atoms with E-state index in [1.165, 1.54) is 6.33 Å². The van der Waals surface area contributed by atoms with Gasteiger partial charge in [0.1, 0.15) is 17.6 Å². The molecule has 0 saturated carbocycles. The van der Waals surface area contributed by atoms with Crippen LogP contribution in [0, 0.1) is 0 Å². The van der Waals surface area contributed by atoms with Crippen LogP contribution >= 0.6 is 0 Å². The van der Waals surface area contributed by atoms with Crippen molar-refractivity contribution in [3.05, 3.63) is 113 Å². The average molecular weight is 482 g/mol. The number of nitrogens with one attached hydrogen (secondary N) is 1. The van der Waals surface area contributed by atoms with Gasteiger partial charge in [-0.25, -0.2) is 4.98 Å². The molecule has 8 nitrogen and oxygen atoms in total. The molecule has 0 spiro atoms. The molecule has 0 fully saturated rings. The number of aromatic nitrogens is 2. The molecule has 1 unspecified atom stereocenters. The number of furan rings is 1. The lowest BCUT2D eigenvalue weighted by Crippen LogP contribution is -2.34. The molecular weight excluding hydrogens is 458 g/mol. The van der Waals surface area contributed by atoms with E-state index in [1.54, 1.807) is 12.1 Å². The lowest BCUT2D eigenvalue weighted by molar-refractivity contribution is -0.149. The number of fused-ring (bicyclic) bond motifs is 3. The van der Waals surface area contributed by atoms with Gasteiger partial charge < -0.3 is 14.5 Å². The summed E-state index contributed by atoms with van der Waals surface area (Å²) in [5.41, 5.74) is 2.55. The van der Waals surface area contributed by atoms with Gasteiger partial charge >= 0.3 is 5.97 Å². The number of para-hydroxylation sites is 1. The minimum absolute atomic E-state index is 0.0656. The van der Waals surface area contributed by atoms with E-state index >= 15 is 0 Å². The summed E-state index contributed by atoms with van der Waals surface area (Å²) in [7, 11) is 0. The molecule has 1 N–H and O–H groups in total. The highest BCUT2D eigenvalue weighted by Gasteiger charge is 2.18. The van der Waals surface area contributed by atoms with Crippen LogP contribution < -0.4 is 10.9 Å². The van der Waals surface area contributed by atoms with Gasteiger partial charge in [-0.15, -0.1) is 0 Å². The van der Waals surface area contributed by atoms with Crippen molar-refractivity contribution in [2.75, 3.05) is 6.61 Å². The van der Waals surface area contributed by atoms with Crippen LogP contribution in [0.1, 0.15) is 17.2 Å². The maximum Gasteiger partial charge on any atom is 0.326 e. The summed E-state index contributed by atoms with van der Waals surface area (Å²) in [6.07, 6.45) is 1.86. The van der Waals surface area contributed by atoms with E-state index in [0.29, 0.717) is 17.5 Å². The Hall–Kier alpha value is -4.72. The molecule has 5 aromatic rings. The third-order valence-electron chi connectivity index (χ3n) is 5.83. The summed E-state index contributed by atoms with van der Waals surface area (Å²) >= 11 is 0. The van der Waals surface area contributed by atoms with Crippen LogP contribution in [-0.4, -0.2) is 28.0 Å². The van der Waals surface area contributed by atoms with E-state index in [-0.39, 0.29) is 11.6 Å². The SMILES string of the molecule is O=C(COC(=O)Cn1cnc2c(oc3ccccc32)c1=O)NC(Cc1ccccc1)c1ccccc1. The van der Waals surface area contributed by atoms with Crippen molar-refractivity contribution in [2.45, 2.75) is 19.0 Å². The Balaban J connectivity index is 1.23. The molecule has 2 aromatic heterocycles. The lowest BCUT2D eigenvalue weighted by Gasteiger charge is -2.19. The first-order valence-electron chi connectivity index (χ1n) is 11.5. The average Bonchev–Trinajstić information content (AvgIpc) is 3.29. The Morgan fingerprint density at radius 3 is 2.42 bits per heavy atom. The van der Waals surface area contributed by atoms with Crippen LogP contribution in [0.2, 0.25) is 0 Å². The van der Waals surface area contributed by atoms with Crippen molar-refractivity contribution in [1.29, 1.82) is 0 Å². The Morgan fingerprint density at radius 2 is 1.64 bits per heavy atom. The maximum absolute atomic E-state index is 12.8. The van der Waals surface area contributed by atoms with Gasteiger partial charge in [-0.2, -0.15) is 0 Å². The zero-order valence-corrected chi connectivity index (χ0v) is 19.3. The molecule has 0 radical (unpaired) electrons. The Kier molecular flexibility index (Phi) is 6.57. The van der Waals surface area contributed by atoms with Gasteiger partial charge in [-0.1, -0.05) is 72.8 Å². The van der Waals surface area contributed by atoms with Crippen LogP contribution in [0.5, 0.6) is 0 Å². The number of ether oxygens (including phenoxy) is 1. The number of carbonyl (C=O) groups excluding carboxylic acids is 2. The van der Waals surface area contributed by atoms with Crippen LogP contribution in [0.15, 0.2) is 100 Å². The predicted molar refractivity (Wildman–Crippen MR) is 134 cm³/mol. The first-order chi connectivity index (χ1) is 17.6.